The van der Waals surface area contributed by atoms with Gasteiger partial charge in [0.25, 0.3) is 5.91 Å². The van der Waals surface area contributed by atoms with E-state index in [-0.39, 0.29) is 24.5 Å². The van der Waals surface area contributed by atoms with Crippen LogP contribution in [0.1, 0.15) is 30.5 Å². The normalized spacial score (nSPS) is 13.8. The smallest absolute Gasteiger partial charge is 0.258 e. The molecule has 2 aromatic rings. The van der Waals surface area contributed by atoms with Gasteiger partial charge in [-0.3, -0.25) is 9.59 Å². The highest BCUT2D eigenvalue weighted by atomic mass is 16.5. The molecule has 1 heterocycles. The molecule has 0 bridgehead atoms. The van der Waals surface area contributed by atoms with Crippen molar-refractivity contribution in [3.05, 3.63) is 47.5 Å². The van der Waals surface area contributed by atoms with Gasteiger partial charge < -0.3 is 24.8 Å². The number of carbonyl (C=O) groups excluding carboxylic acids is 2. The van der Waals surface area contributed by atoms with Crippen molar-refractivity contribution in [2.75, 3.05) is 26.1 Å². The van der Waals surface area contributed by atoms with Crippen molar-refractivity contribution in [3.63, 3.8) is 0 Å². The minimum Gasteiger partial charge on any atom is -0.497 e. The van der Waals surface area contributed by atoms with Gasteiger partial charge >= 0.3 is 0 Å². The molecule has 2 amide bonds. The van der Waals surface area contributed by atoms with Crippen LogP contribution < -0.4 is 24.8 Å². The molecule has 1 aliphatic heterocycles. The molecule has 0 aliphatic carbocycles. The van der Waals surface area contributed by atoms with Crippen molar-refractivity contribution >= 4 is 17.5 Å². The molecule has 1 aliphatic rings. The first-order chi connectivity index (χ1) is 13.5. The second kappa shape index (κ2) is 8.65. The van der Waals surface area contributed by atoms with Crippen LogP contribution in [0.3, 0.4) is 0 Å². The molecule has 0 fully saturated rings. The summed E-state index contributed by atoms with van der Waals surface area (Å²) in [6, 6.07) is 10.6. The number of amides is 2. The van der Waals surface area contributed by atoms with Crippen LogP contribution in [-0.2, 0) is 16.0 Å². The van der Waals surface area contributed by atoms with Crippen molar-refractivity contribution in [3.8, 4) is 17.2 Å². The number of hydrogen-bond acceptors (Lipinski definition) is 5. The lowest BCUT2D eigenvalue weighted by Crippen LogP contribution is -2.31. The molecule has 2 aromatic carbocycles. The van der Waals surface area contributed by atoms with Crippen LogP contribution in [0.15, 0.2) is 36.4 Å². The Hall–Kier alpha value is -3.22. The molecule has 2 N–H and O–H groups in total. The van der Waals surface area contributed by atoms with Crippen LogP contribution in [0.5, 0.6) is 17.2 Å². The first-order valence-corrected chi connectivity index (χ1v) is 9.07. The predicted molar refractivity (Wildman–Crippen MR) is 105 cm³/mol. The Balaban J connectivity index is 1.59. The Bertz CT molecular complexity index is 881. The number of fused-ring (bicyclic) bond motifs is 1. The van der Waals surface area contributed by atoms with E-state index in [0.29, 0.717) is 30.1 Å². The number of anilines is 1. The van der Waals surface area contributed by atoms with Crippen LogP contribution >= 0.6 is 0 Å². The van der Waals surface area contributed by atoms with Crippen LogP contribution in [0, 0.1) is 0 Å². The fourth-order valence-electron chi connectivity index (χ4n) is 3.14. The predicted octanol–water partition coefficient (Wildman–Crippen LogP) is 2.84. The molecule has 7 nitrogen and oxygen atoms in total. The van der Waals surface area contributed by atoms with Gasteiger partial charge in [0.2, 0.25) is 5.91 Å². The second-order valence-corrected chi connectivity index (χ2v) is 6.55. The number of rotatable bonds is 7. The van der Waals surface area contributed by atoms with E-state index in [1.54, 1.807) is 38.5 Å². The van der Waals surface area contributed by atoms with Crippen molar-refractivity contribution in [2.24, 2.45) is 0 Å². The van der Waals surface area contributed by atoms with Crippen LogP contribution in [0.2, 0.25) is 0 Å². The van der Waals surface area contributed by atoms with E-state index in [2.05, 4.69) is 10.6 Å². The third-order valence-electron chi connectivity index (χ3n) is 4.62. The van der Waals surface area contributed by atoms with Gasteiger partial charge in [-0.1, -0.05) is 0 Å². The average molecular weight is 384 g/mol. The van der Waals surface area contributed by atoms with Gasteiger partial charge in [-0.25, -0.2) is 0 Å². The summed E-state index contributed by atoms with van der Waals surface area (Å²) >= 11 is 0. The molecule has 0 radical (unpaired) electrons. The van der Waals surface area contributed by atoms with Crippen LogP contribution in [0.4, 0.5) is 5.69 Å². The Kier molecular flexibility index (Phi) is 6.03. The Morgan fingerprint density at radius 1 is 1.11 bits per heavy atom. The maximum Gasteiger partial charge on any atom is 0.258 e. The van der Waals surface area contributed by atoms with Crippen molar-refractivity contribution in [1.29, 1.82) is 0 Å². The molecule has 1 unspecified atom stereocenters. The first kappa shape index (κ1) is 19.5. The van der Waals surface area contributed by atoms with Crippen LogP contribution in [0.25, 0.3) is 0 Å². The summed E-state index contributed by atoms with van der Waals surface area (Å²) < 4.78 is 16.2. The lowest BCUT2D eigenvalue weighted by molar-refractivity contribution is -0.123. The van der Waals surface area contributed by atoms with Crippen molar-refractivity contribution in [2.45, 2.75) is 25.8 Å². The van der Waals surface area contributed by atoms with Gasteiger partial charge in [0.05, 0.1) is 20.3 Å². The Morgan fingerprint density at radius 3 is 2.64 bits per heavy atom. The molecule has 3 rings (SSSR count). The quantitative estimate of drug-likeness (QED) is 0.767. The summed E-state index contributed by atoms with van der Waals surface area (Å²) in [7, 11) is 3.17. The molecule has 0 saturated carbocycles. The summed E-state index contributed by atoms with van der Waals surface area (Å²) in [4.78, 5) is 23.7. The SMILES string of the molecule is COc1ccc(OC)c(C(C)NC(=O)COc2ccc3c(c2)CCC(=O)N3)c1. The Morgan fingerprint density at radius 2 is 1.89 bits per heavy atom. The van der Waals surface area contributed by atoms with E-state index in [4.69, 9.17) is 14.2 Å². The fraction of sp³-hybridized carbons (Fsp3) is 0.333. The van der Waals surface area contributed by atoms with Gasteiger partial charge in [-0.15, -0.1) is 0 Å². The Labute approximate surface area is 164 Å². The fourth-order valence-corrected chi connectivity index (χ4v) is 3.14. The molecule has 0 saturated heterocycles. The average Bonchev–Trinajstić information content (AvgIpc) is 2.71. The number of nitrogens with one attached hydrogen (secondary N) is 2. The summed E-state index contributed by atoms with van der Waals surface area (Å²) in [5.41, 5.74) is 2.62. The summed E-state index contributed by atoms with van der Waals surface area (Å²) in [6.07, 6.45) is 1.12. The van der Waals surface area contributed by atoms with E-state index in [9.17, 15) is 9.59 Å². The lowest BCUT2D eigenvalue weighted by Gasteiger charge is -2.19. The molecular formula is C21H24N2O5. The number of benzene rings is 2. The largest absolute Gasteiger partial charge is 0.497 e. The maximum atomic E-state index is 12.3. The zero-order valence-corrected chi connectivity index (χ0v) is 16.2. The highest BCUT2D eigenvalue weighted by molar-refractivity contribution is 5.94. The topological polar surface area (TPSA) is 85.9 Å². The highest BCUT2D eigenvalue weighted by Gasteiger charge is 2.17. The lowest BCUT2D eigenvalue weighted by atomic mass is 10.0. The second-order valence-electron chi connectivity index (χ2n) is 6.55. The van der Waals surface area contributed by atoms with Gasteiger partial charge in [0.15, 0.2) is 6.61 Å². The minimum absolute atomic E-state index is 0.0162. The number of hydrogen-bond donors (Lipinski definition) is 2. The molecule has 7 heteroatoms. The summed E-state index contributed by atoms with van der Waals surface area (Å²) in [5.74, 6) is 1.73. The number of methoxy groups -OCH3 is 2. The van der Waals surface area contributed by atoms with E-state index >= 15 is 0 Å². The number of aryl methyl sites for hydroxylation is 1. The van der Waals surface area contributed by atoms with E-state index in [0.717, 1.165) is 16.8 Å². The number of ether oxygens (including phenoxy) is 3. The summed E-state index contributed by atoms with van der Waals surface area (Å²) in [6.45, 7) is 1.76. The standard InChI is InChI=1S/C21H24N2O5/c1-13(17-11-15(26-2)6-8-19(17)27-3)22-21(25)12-28-16-5-7-18-14(10-16)4-9-20(24)23-18/h5-8,10-11,13H,4,9,12H2,1-3H3,(H,22,25)(H,23,24). The van der Waals surface area contributed by atoms with E-state index < -0.39 is 0 Å². The molecule has 28 heavy (non-hydrogen) atoms. The van der Waals surface area contributed by atoms with Gasteiger partial charge in [0, 0.05) is 17.7 Å². The third-order valence-corrected chi connectivity index (χ3v) is 4.62. The zero-order valence-electron chi connectivity index (χ0n) is 16.2. The molecule has 148 valence electrons. The third kappa shape index (κ3) is 4.54. The van der Waals surface area contributed by atoms with Crippen molar-refractivity contribution in [1.82, 2.24) is 5.32 Å². The first-order valence-electron chi connectivity index (χ1n) is 9.07. The molecule has 0 spiro atoms. The molecular weight excluding hydrogens is 360 g/mol. The van der Waals surface area contributed by atoms with Crippen molar-refractivity contribution < 1.29 is 23.8 Å². The van der Waals surface area contributed by atoms with Gasteiger partial charge in [0.1, 0.15) is 17.2 Å². The molecule has 1 atom stereocenters. The zero-order chi connectivity index (χ0) is 20.1. The van der Waals surface area contributed by atoms with Crippen LogP contribution in [-0.4, -0.2) is 32.6 Å². The van der Waals surface area contributed by atoms with Gasteiger partial charge in [-0.05, 0) is 55.3 Å². The summed E-state index contributed by atoms with van der Waals surface area (Å²) in [5, 5.41) is 5.72. The minimum atomic E-state index is -0.278. The van der Waals surface area contributed by atoms with E-state index in [1.807, 2.05) is 19.1 Å². The van der Waals surface area contributed by atoms with E-state index in [1.165, 1.54) is 0 Å². The van der Waals surface area contributed by atoms with Gasteiger partial charge in [-0.2, -0.15) is 0 Å². The molecule has 0 aromatic heterocycles. The highest BCUT2D eigenvalue weighted by Crippen LogP contribution is 2.29. The monoisotopic (exact) mass is 384 g/mol. The maximum absolute atomic E-state index is 12.3. The number of carbonyl (C=O) groups is 2.